The monoisotopic (exact) mass is 399 g/mol. The molecule has 2 aromatic rings. The van der Waals surface area contributed by atoms with E-state index in [2.05, 4.69) is 20.6 Å². The van der Waals surface area contributed by atoms with Gasteiger partial charge in [-0.25, -0.2) is 14.2 Å². The number of carbonyl (C=O) groups is 1. The molecule has 7 nitrogen and oxygen atoms in total. The Labute approximate surface area is 169 Å². The second-order valence-electron chi connectivity index (χ2n) is 8.19. The number of nitrogens with one attached hydrogen (secondary N) is 3. The molecule has 0 unspecified atom stereocenters. The number of amides is 1. The number of fused-ring (bicyclic) bond motifs is 1. The van der Waals surface area contributed by atoms with Crippen molar-refractivity contribution in [2.45, 2.75) is 45.3 Å². The lowest BCUT2D eigenvalue weighted by Crippen LogP contribution is -2.44. The largest absolute Gasteiger partial charge is 0.444 e. The summed E-state index contributed by atoms with van der Waals surface area (Å²) in [6.07, 6.45) is 5.82. The second kappa shape index (κ2) is 8.55. The SMILES string of the molecule is CC(C)(C)OC(=O)NCC1CC(N/C=C(\C=N)c2cnc3cccc(F)c3n2)C1. The van der Waals surface area contributed by atoms with Crippen LogP contribution in [0.4, 0.5) is 9.18 Å². The van der Waals surface area contributed by atoms with Crippen LogP contribution < -0.4 is 10.6 Å². The first-order valence-electron chi connectivity index (χ1n) is 9.60. The van der Waals surface area contributed by atoms with Crippen LogP contribution in [-0.4, -0.2) is 40.5 Å². The summed E-state index contributed by atoms with van der Waals surface area (Å²) in [5.74, 6) is -0.0557. The molecule has 3 N–H and O–H groups in total. The van der Waals surface area contributed by atoms with E-state index in [-0.39, 0.29) is 11.6 Å². The highest BCUT2D eigenvalue weighted by Crippen LogP contribution is 2.27. The summed E-state index contributed by atoms with van der Waals surface area (Å²) >= 11 is 0. The molecule has 29 heavy (non-hydrogen) atoms. The van der Waals surface area contributed by atoms with E-state index in [1.165, 1.54) is 18.5 Å². The Morgan fingerprint density at radius 3 is 2.83 bits per heavy atom. The van der Waals surface area contributed by atoms with E-state index in [1.54, 1.807) is 18.3 Å². The van der Waals surface area contributed by atoms with Crippen LogP contribution in [0.2, 0.25) is 0 Å². The molecule has 1 aliphatic rings. The van der Waals surface area contributed by atoms with Gasteiger partial charge in [0.1, 0.15) is 11.1 Å². The molecule has 0 radical (unpaired) electrons. The van der Waals surface area contributed by atoms with Gasteiger partial charge in [-0.2, -0.15) is 0 Å². The van der Waals surface area contributed by atoms with Gasteiger partial charge in [-0.1, -0.05) is 6.07 Å². The second-order valence-corrected chi connectivity index (χ2v) is 8.19. The third-order valence-electron chi connectivity index (χ3n) is 4.62. The minimum absolute atomic E-state index is 0.190. The van der Waals surface area contributed by atoms with E-state index in [4.69, 9.17) is 10.1 Å². The van der Waals surface area contributed by atoms with Crippen molar-refractivity contribution >= 4 is 28.9 Å². The highest BCUT2D eigenvalue weighted by molar-refractivity contribution is 6.07. The molecule has 1 saturated carbocycles. The molecular weight excluding hydrogens is 373 g/mol. The van der Waals surface area contributed by atoms with Crippen LogP contribution in [0.15, 0.2) is 30.6 Å². The van der Waals surface area contributed by atoms with Crippen molar-refractivity contribution in [1.82, 2.24) is 20.6 Å². The third kappa shape index (κ3) is 5.49. The van der Waals surface area contributed by atoms with Gasteiger partial charge in [-0.15, -0.1) is 0 Å². The molecule has 1 heterocycles. The van der Waals surface area contributed by atoms with Gasteiger partial charge >= 0.3 is 6.09 Å². The fourth-order valence-corrected chi connectivity index (χ4v) is 3.12. The summed E-state index contributed by atoms with van der Waals surface area (Å²) in [5, 5.41) is 13.7. The van der Waals surface area contributed by atoms with Crippen LogP contribution in [0.25, 0.3) is 16.6 Å². The number of alkyl carbamates (subject to hydrolysis) is 1. The number of rotatable bonds is 6. The Bertz CT molecular complexity index is 932. The Morgan fingerprint density at radius 1 is 1.38 bits per heavy atom. The van der Waals surface area contributed by atoms with Gasteiger partial charge in [0.05, 0.1) is 17.4 Å². The number of nitrogens with zero attached hydrogens (tertiary/aromatic N) is 2. The van der Waals surface area contributed by atoms with E-state index in [1.807, 2.05) is 20.8 Å². The van der Waals surface area contributed by atoms with Crippen molar-refractivity contribution < 1.29 is 13.9 Å². The zero-order chi connectivity index (χ0) is 21.0. The van der Waals surface area contributed by atoms with Crippen LogP contribution in [-0.2, 0) is 4.74 Å². The van der Waals surface area contributed by atoms with E-state index < -0.39 is 17.5 Å². The standard InChI is InChI=1S/C21H26FN5O2/c1-21(2,3)29-20(28)26-10-13-7-15(8-13)24-11-14(9-23)18-12-25-17-6-4-5-16(22)19(17)27-18/h4-6,9,11-13,15,23-24H,7-8,10H2,1-3H3,(H,26,28)/b14-11+,23-9?. The van der Waals surface area contributed by atoms with Gasteiger partial charge in [0, 0.05) is 30.6 Å². The normalized spacial score (nSPS) is 19.4. The molecule has 1 amide bonds. The van der Waals surface area contributed by atoms with Gasteiger partial charge in [-0.05, 0) is 51.7 Å². The minimum atomic E-state index is -0.504. The van der Waals surface area contributed by atoms with Crippen LogP contribution in [0, 0.1) is 17.1 Å². The average Bonchev–Trinajstić information content (AvgIpc) is 2.62. The van der Waals surface area contributed by atoms with E-state index in [0.29, 0.717) is 29.2 Å². The molecule has 1 aromatic carbocycles. The molecule has 8 heteroatoms. The Morgan fingerprint density at radius 2 is 2.14 bits per heavy atom. The topological polar surface area (TPSA) is 100.0 Å². The zero-order valence-electron chi connectivity index (χ0n) is 16.8. The lowest BCUT2D eigenvalue weighted by atomic mass is 9.80. The number of hydrogen-bond acceptors (Lipinski definition) is 6. The molecule has 0 aliphatic heterocycles. The maximum atomic E-state index is 13.9. The predicted molar refractivity (Wildman–Crippen MR) is 110 cm³/mol. The minimum Gasteiger partial charge on any atom is -0.444 e. The summed E-state index contributed by atoms with van der Waals surface area (Å²) in [5.41, 5.74) is 1.13. The first-order valence-corrected chi connectivity index (χ1v) is 9.60. The molecule has 154 valence electrons. The van der Waals surface area contributed by atoms with Gasteiger partial charge in [0.2, 0.25) is 0 Å². The molecule has 3 rings (SSSR count). The summed E-state index contributed by atoms with van der Waals surface area (Å²) in [6, 6.07) is 4.87. The number of carbonyl (C=O) groups excluding carboxylic acids is 1. The van der Waals surface area contributed by atoms with Gasteiger partial charge in [-0.3, -0.25) is 4.98 Å². The molecule has 1 aromatic heterocycles. The van der Waals surface area contributed by atoms with Crippen molar-refractivity contribution in [3.8, 4) is 0 Å². The maximum absolute atomic E-state index is 13.9. The number of aromatic nitrogens is 2. The van der Waals surface area contributed by atoms with Crippen LogP contribution in [0.5, 0.6) is 0 Å². The van der Waals surface area contributed by atoms with Gasteiger partial charge in [0.15, 0.2) is 5.82 Å². The fourth-order valence-electron chi connectivity index (χ4n) is 3.12. The van der Waals surface area contributed by atoms with Crippen LogP contribution >= 0.6 is 0 Å². The number of hydrogen-bond donors (Lipinski definition) is 3. The van der Waals surface area contributed by atoms with Crippen molar-refractivity contribution in [2.75, 3.05) is 6.54 Å². The molecule has 0 atom stereocenters. The van der Waals surface area contributed by atoms with Crippen LogP contribution in [0.1, 0.15) is 39.3 Å². The molecular formula is C21H26FN5O2. The van der Waals surface area contributed by atoms with E-state index >= 15 is 0 Å². The first kappa shape index (κ1) is 20.7. The Hall–Kier alpha value is -3.03. The molecule has 0 saturated heterocycles. The average molecular weight is 399 g/mol. The smallest absolute Gasteiger partial charge is 0.407 e. The van der Waals surface area contributed by atoms with Gasteiger partial charge in [0.25, 0.3) is 0 Å². The van der Waals surface area contributed by atoms with E-state index in [9.17, 15) is 9.18 Å². The van der Waals surface area contributed by atoms with Crippen LogP contribution in [0.3, 0.4) is 0 Å². The summed E-state index contributed by atoms with van der Waals surface area (Å²) in [6.45, 7) is 6.07. The van der Waals surface area contributed by atoms with Crippen molar-refractivity contribution in [3.05, 3.63) is 42.1 Å². The van der Waals surface area contributed by atoms with E-state index in [0.717, 1.165) is 12.8 Å². The third-order valence-corrected chi connectivity index (χ3v) is 4.62. The Kier molecular flexibility index (Phi) is 6.10. The predicted octanol–water partition coefficient (Wildman–Crippen LogP) is 3.65. The summed E-state index contributed by atoms with van der Waals surface area (Å²) < 4.78 is 19.2. The lowest BCUT2D eigenvalue weighted by Gasteiger charge is -2.35. The first-order chi connectivity index (χ1) is 13.7. The number of ether oxygens (including phenoxy) is 1. The maximum Gasteiger partial charge on any atom is 0.407 e. The van der Waals surface area contributed by atoms with Gasteiger partial charge < -0.3 is 20.8 Å². The zero-order valence-corrected chi connectivity index (χ0v) is 16.8. The van der Waals surface area contributed by atoms with Crippen molar-refractivity contribution in [3.63, 3.8) is 0 Å². The highest BCUT2D eigenvalue weighted by atomic mass is 19.1. The molecule has 1 fully saturated rings. The lowest BCUT2D eigenvalue weighted by molar-refractivity contribution is 0.0505. The number of allylic oxidation sites excluding steroid dienone is 1. The van der Waals surface area contributed by atoms with Crippen molar-refractivity contribution in [2.24, 2.45) is 5.92 Å². The number of benzene rings is 1. The molecule has 1 aliphatic carbocycles. The summed E-state index contributed by atoms with van der Waals surface area (Å²) in [7, 11) is 0. The number of para-hydroxylation sites is 1. The highest BCUT2D eigenvalue weighted by Gasteiger charge is 2.29. The summed E-state index contributed by atoms with van der Waals surface area (Å²) in [4.78, 5) is 20.2. The Balaban J connectivity index is 1.52. The fraction of sp³-hybridized carbons (Fsp3) is 0.429. The number of halogens is 1. The quantitative estimate of drug-likeness (QED) is 0.644. The van der Waals surface area contributed by atoms with Crippen molar-refractivity contribution in [1.29, 1.82) is 5.41 Å². The molecule has 0 spiro atoms. The molecule has 0 bridgehead atoms.